The van der Waals surface area contributed by atoms with E-state index < -0.39 is 0 Å². The third-order valence-corrected chi connectivity index (χ3v) is 6.53. The summed E-state index contributed by atoms with van der Waals surface area (Å²) < 4.78 is 5.43. The van der Waals surface area contributed by atoms with E-state index in [4.69, 9.17) is 21.3 Å². The maximum atomic E-state index is 6.57. The van der Waals surface area contributed by atoms with Gasteiger partial charge in [-0.2, -0.15) is 0 Å². The van der Waals surface area contributed by atoms with Crippen molar-refractivity contribution in [2.24, 2.45) is 0 Å². The summed E-state index contributed by atoms with van der Waals surface area (Å²) in [5.41, 5.74) is 3.92. The highest BCUT2D eigenvalue weighted by Crippen LogP contribution is 2.30. The average Bonchev–Trinajstić information content (AvgIpc) is 2.81. The molecular formula is C24H29ClN6O. The van der Waals surface area contributed by atoms with Crippen LogP contribution in [0.1, 0.15) is 12.8 Å². The number of fused-ring (bicyclic) bond motifs is 1. The number of benzene rings is 2. The van der Waals surface area contributed by atoms with Gasteiger partial charge in [-0.3, -0.25) is 0 Å². The van der Waals surface area contributed by atoms with E-state index in [1.807, 2.05) is 24.4 Å². The summed E-state index contributed by atoms with van der Waals surface area (Å²) in [4.78, 5) is 13.8. The topological polar surface area (TPSA) is 65.5 Å². The van der Waals surface area contributed by atoms with Gasteiger partial charge in [-0.05, 0) is 69.4 Å². The van der Waals surface area contributed by atoms with E-state index in [-0.39, 0.29) is 0 Å². The lowest BCUT2D eigenvalue weighted by Crippen LogP contribution is -2.36. The molecular weight excluding hydrogens is 424 g/mol. The molecule has 0 amide bonds. The lowest BCUT2D eigenvalue weighted by molar-refractivity contribution is 0.122. The molecule has 0 atom stereocenters. The van der Waals surface area contributed by atoms with Crippen LogP contribution in [0.15, 0.2) is 42.6 Å². The number of rotatable bonds is 5. The molecule has 5 rings (SSSR count). The van der Waals surface area contributed by atoms with Gasteiger partial charge in [0.1, 0.15) is 0 Å². The minimum absolute atomic E-state index is 0.509. The Morgan fingerprint density at radius 1 is 1.00 bits per heavy atom. The highest BCUT2D eigenvalue weighted by atomic mass is 35.5. The minimum Gasteiger partial charge on any atom is -0.382 e. The van der Waals surface area contributed by atoms with Crippen LogP contribution in [0.5, 0.6) is 0 Å². The lowest BCUT2D eigenvalue weighted by atomic mass is 10.1. The van der Waals surface area contributed by atoms with Crippen LogP contribution in [0.2, 0.25) is 5.02 Å². The summed E-state index contributed by atoms with van der Waals surface area (Å²) in [6.07, 6.45) is 4.17. The van der Waals surface area contributed by atoms with E-state index in [0.717, 1.165) is 80.2 Å². The van der Waals surface area contributed by atoms with Crippen molar-refractivity contribution >= 4 is 45.5 Å². The number of ether oxygens (including phenoxy) is 1. The quantitative estimate of drug-likeness (QED) is 0.595. The molecule has 0 unspecified atom stereocenters. The molecule has 3 aromatic rings. The zero-order valence-corrected chi connectivity index (χ0v) is 19.1. The van der Waals surface area contributed by atoms with Crippen molar-refractivity contribution in [3.63, 3.8) is 0 Å². The number of morpholine rings is 1. The molecule has 2 aromatic carbocycles. The highest BCUT2D eigenvalue weighted by Gasteiger charge is 2.17. The summed E-state index contributed by atoms with van der Waals surface area (Å²) in [6.45, 7) is 5.44. The van der Waals surface area contributed by atoms with Crippen molar-refractivity contribution in [2.45, 2.75) is 18.9 Å². The first-order valence-electron chi connectivity index (χ1n) is 11.3. The van der Waals surface area contributed by atoms with Gasteiger partial charge in [0, 0.05) is 42.1 Å². The van der Waals surface area contributed by atoms with Gasteiger partial charge in [0.15, 0.2) is 0 Å². The van der Waals surface area contributed by atoms with Crippen LogP contribution < -0.4 is 15.5 Å². The zero-order chi connectivity index (χ0) is 21.9. The first-order chi connectivity index (χ1) is 15.6. The fraction of sp³-hybridized carbons (Fsp3) is 0.417. The van der Waals surface area contributed by atoms with Crippen molar-refractivity contribution in [1.82, 2.24) is 14.9 Å². The Morgan fingerprint density at radius 2 is 1.78 bits per heavy atom. The van der Waals surface area contributed by atoms with Crippen LogP contribution in [-0.2, 0) is 4.74 Å². The Hall–Kier alpha value is -2.61. The molecule has 0 bridgehead atoms. The summed E-state index contributed by atoms with van der Waals surface area (Å²) in [7, 11) is 2.18. The Morgan fingerprint density at radius 3 is 2.56 bits per heavy atom. The maximum absolute atomic E-state index is 6.57. The number of likely N-dealkylation sites (tertiary alicyclic amines) is 1. The molecule has 8 heteroatoms. The van der Waals surface area contributed by atoms with Gasteiger partial charge in [-0.25, -0.2) is 9.97 Å². The number of nitrogens with zero attached hydrogens (tertiary/aromatic N) is 4. The third-order valence-electron chi connectivity index (χ3n) is 6.23. The second-order valence-corrected chi connectivity index (χ2v) is 8.99. The van der Waals surface area contributed by atoms with Crippen molar-refractivity contribution in [2.75, 3.05) is 62.0 Å². The fourth-order valence-electron chi connectivity index (χ4n) is 4.34. The smallest absolute Gasteiger partial charge is 0.227 e. The van der Waals surface area contributed by atoms with E-state index in [0.29, 0.717) is 17.0 Å². The largest absolute Gasteiger partial charge is 0.382 e. The van der Waals surface area contributed by atoms with Crippen LogP contribution in [0, 0.1) is 0 Å². The molecule has 168 valence electrons. The number of hydrogen-bond acceptors (Lipinski definition) is 7. The van der Waals surface area contributed by atoms with Gasteiger partial charge >= 0.3 is 0 Å². The molecule has 0 radical (unpaired) electrons. The predicted octanol–water partition coefficient (Wildman–Crippen LogP) is 4.37. The second kappa shape index (κ2) is 9.48. The molecule has 0 saturated carbocycles. The molecule has 3 heterocycles. The van der Waals surface area contributed by atoms with E-state index in [9.17, 15) is 0 Å². The standard InChI is InChI=1S/C24H29ClN6O/c1-30-8-6-18(7-9-30)27-20-3-2-17-16-26-24(29-22(17)15-20)28-19-4-5-23(21(25)14-19)31-10-12-32-13-11-31/h2-5,14-16,18,27H,6-13H2,1H3,(H,26,28,29). The molecule has 2 fully saturated rings. The summed E-state index contributed by atoms with van der Waals surface area (Å²) in [6, 6.07) is 12.8. The van der Waals surface area contributed by atoms with E-state index >= 15 is 0 Å². The van der Waals surface area contributed by atoms with Crippen molar-refractivity contribution < 1.29 is 4.74 Å². The zero-order valence-electron chi connectivity index (χ0n) is 18.4. The molecule has 2 N–H and O–H groups in total. The summed E-state index contributed by atoms with van der Waals surface area (Å²) >= 11 is 6.57. The first-order valence-corrected chi connectivity index (χ1v) is 11.6. The van der Waals surface area contributed by atoms with Crippen LogP contribution in [0.3, 0.4) is 0 Å². The second-order valence-electron chi connectivity index (χ2n) is 8.58. The molecule has 0 aliphatic carbocycles. The number of piperidine rings is 1. The van der Waals surface area contributed by atoms with Crippen molar-refractivity contribution in [1.29, 1.82) is 0 Å². The molecule has 0 spiro atoms. The Bertz CT molecular complexity index is 1080. The van der Waals surface area contributed by atoms with Crippen LogP contribution in [0.25, 0.3) is 10.9 Å². The van der Waals surface area contributed by atoms with E-state index in [1.165, 1.54) is 0 Å². The summed E-state index contributed by atoms with van der Waals surface area (Å²) in [5.74, 6) is 0.559. The lowest BCUT2D eigenvalue weighted by Gasteiger charge is -2.30. The normalized spacial score (nSPS) is 18.1. The Kier molecular flexibility index (Phi) is 6.30. The van der Waals surface area contributed by atoms with E-state index in [2.05, 4.69) is 50.7 Å². The minimum atomic E-state index is 0.509. The molecule has 7 nitrogen and oxygen atoms in total. The number of hydrogen-bond donors (Lipinski definition) is 2. The summed E-state index contributed by atoms with van der Waals surface area (Å²) in [5, 5.41) is 8.70. The van der Waals surface area contributed by atoms with Crippen LogP contribution in [-0.4, -0.2) is 67.4 Å². The van der Waals surface area contributed by atoms with Crippen molar-refractivity contribution in [3.05, 3.63) is 47.6 Å². The van der Waals surface area contributed by atoms with Crippen LogP contribution >= 0.6 is 11.6 Å². The van der Waals surface area contributed by atoms with Gasteiger partial charge in [0.05, 0.1) is 29.4 Å². The van der Waals surface area contributed by atoms with Gasteiger partial charge in [0.2, 0.25) is 5.95 Å². The maximum Gasteiger partial charge on any atom is 0.227 e. The van der Waals surface area contributed by atoms with Gasteiger partial charge in [-0.15, -0.1) is 0 Å². The molecule has 2 saturated heterocycles. The Labute approximate surface area is 193 Å². The number of aromatic nitrogens is 2. The molecule has 32 heavy (non-hydrogen) atoms. The average molecular weight is 453 g/mol. The molecule has 1 aromatic heterocycles. The third kappa shape index (κ3) is 4.90. The monoisotopic (exact) mass is 452 g/mol. The molecule has 2 aliphatic heterocycles. The van der Waals surface area contributed by atoms with Crippen molar-refractivity contribution in [3.8, 4) is 0 Å². The molecule has 2 aliphatic rings. The first kappa shape index (κ1) is 21.2. The van der Waals surface area contributed by atoms with E-state index in [1.54, 1.807) is 0 Å². The number of nitrogens with one attached hydrogen (secondary N) is 2. The SMILES string of the molecule is CN1CCC(Nc2ccc3cnc(Nc4ccc(N5CCOCC5)c(Cl)c4)nc3c2)CC1. The van der Waals surface area contributed by atoms with Gasteiger partial charge in [0.25, 0.3) is 0 Å². The highest BCUT2D eigenvalue weighted by molar-refractivity contribution is 6.33. The Balaban J connectivity index is 1.30. The van der Waals surface area contributed by atoms with Crippen LogP contribution in [0.4, 0.5) is 23.0 Å². The predicted molar refractivity (Wildman–Crippen MR) is 131 cm³/mol. The fourth-order valence-corrected chi connectivity index (χ4v) is 4.64. The number of halogens is 1. The van der Waals surface area contributed by atoms with Gasteiger partial charge < -0.3 is 25.2 Å². The van der Waals surface area contributed by atoms with Gasteiger partial charge in [-0.1, -0.05) is 11.6 Å². The number of anilines is 4.